The molecule has 1 saturated heterocycles. The molecule has 1 aromatic rings. The minimum atomic E-state index is -0.479. The summed E-state index contributed by atoms with van der Waals surface area (Å²) in [6, 6.07) is 4.12. The van der Waals surface area contributed by atoms with Gasteiger partial charge in [0.2, 0.25) is 5.91 Å². The fraction of sp³-hybridized carbons (Fsp3) is 0.500. The van der Waals surface area contributed by atoms with Crippen molar-refractivity contribution in [3.63, 3.8) is 0 Å². The number of nitrogens with one attached hydrogen (secondary N) is 1. The van der Waals surface area contributed by atoms with E-state index in [9.17, 15) is 9.18 Å². The Morgan fingerprint density at radius 3 is 3.15 bits per heavy atom. The highest BCUT2D eigenvalue weighted by atomic mass is 19.1. The molecule has 0 aromatic heterocycles. The van der Waals surface area contributed by atoms with E-state index in [-0.39, 0.29) is 17.7 Å². The molecule has 1 unspecified atom stereocenters. The lowest BCUT2D eigenvalue weighted by molar-refractivity contribution is -0.117. The third kappa shape index (κ3) is 4.18. The summed E-state index contributed by atoms with van der Waals surface area (Å²) < 4.78 is 18.9. The minimum absolute atomic E-state index is 0.130. The van der Waals surface area contributed by atoms with Crippen LogP contribution in [0.25, 0.3) is 0 Å². The van der Waals surface area contributed by atoms with E-state index in [2.05, 4.69) is 10.2 Å². The van der Waals surface area contributed by atoms with E-state index in [0.717, 1.165) is 13.1 Å². The highest BCUT2D eigenvalue weighted by molar-refractivity contribution is 5.91. The Morgan fingerprint density at radius 2 is 2.40 bits per heavy atom. The van der Waals surface area contributed by atoms with Crippen LogP contribution in [-0.4, -0.2) is 43.2 Å². The maximum Gasteiger partial charge on any atom is 0.225 e. The van der Waals surface area contributed by atoms with Gasteiger partial charge in [-0.1, -0.05) is 0 Å². The van der Waals surface area contributed by atoms with Gasteiger partial charge in [-0.3, -0.25) is 9.69 Å². The van der Waals surface area contributed by atoms with Crippen LogP contribution < -0.4 is 11.1 Å². The van der Waals surface area contributed by atoms with Crippen LogP contribution in [0.4, 0.5) is 15.8 Å². The number of carbonyl (C=O) groups is 1. The van der Waals surface area contributed by atoms with Crippen molar-refractivity contribution >= 4 is 17.3 Å². The van der Waals surface area contributed by atoms with Gasteiger partial charge in [0.25, 0.3) is 0 Å². The number of benzene rings is 1. The zero-order valence-electron chi connectivity index (χ0n) is 11.6. The van der Waals surface area contributed by atoms with Crippen LogP contribution >= 0.6 is 0 Å². The van der Waals surface area contributed by atoms with Crippen LogP contribution in [-0.2, 0) is 9.53 Å². The number of hydrogen-bond acceptors (Lipinski definition) is 4. The quantitative estimate of drug-likeness (QED) is 0.820. The molecule has 1 atom stereocenters. The number of nitrogen functional groups attached to an aromatic ring is 1. The lowest BCUT2D eigenvalue weighted by Gasteiger charge is -2.30. The number of carbonyl (C=O) groups excluding carboxylic acids is 1. The first-order chi connectivity index (χ1) is 9.54. The summed E-state index contributed by atoms with van der Waals surface area (Å²) in [4.78, 5) is 14.0. The van der Waals surface area contributed by atoms with E-state index in [4.69, 9.17) is 10.5 Å². The van der Waals surface area contributed by atoms with Gasteiger partial charge in [-0.25, -0.2) is 4.39 Å². The van der Waals surface area contributed by atoms with E-state index in [0.29, 0.717) is 25.3 Å². The van der Waals surface area contributed by atoms with Crippen molar-refractivity contribution < 1.29 is 13.9 Å². The number of ether oxygens (including phenoxy) is 1. The minimum Gasteiger partial charge on any atom is -0.399 e. The molecular formula is C14H20FN3O2. The highest BCUT2D eigenvalue weighted by Gasteiger charge is 2.17. The summed E-state index contributed by atoms with van der Waals surface area (Å²) in [5, 5.41) is 2.55. The average Bonchev–Trinajstić information content (AvgIpc) is 2.41. The molecule has 1 heterocycles. The number of rotatable bonds is 4. The van der Waals surface area contributed by atoms with E-state index in [1.807, 2.05) is 6.92 Å². The summed E-state index contributed by atoms with van der Waals surface area (Å²) in [6.45, 7) is 4.98. The van der Waals surface area contributed by atoms with Gasteiger partial charge < -0.3 is 15.8 Å². The van der Waals surface area contributed by atoms with Crippen molar-refractivity contribution in [2.45, 2.75) is 19.4 Å². The van der Waals surface area contributed by atoms with Crippen LogP contribution in [0, 0.1) is 5.82 Å². The Bertz CT molecular complexity index is 481. The molecule has 1 aliphatic rings. The molecule has 110 valence electrons. The molecule has 1 fully saturated rings. The molecule has 0 radical (unpaired) electrons. The normalized spacial score (nSPS) is 19.8. The lowest BCUT2D eigenvalue weighted by Crippen LogP contribution is -2.42. The third-order valence-electron chi connectivity index (χ3n) is 3.24. The second kappa shape index (κ2) is 6.67. The Balaban J connectivity index is 1.82. The first-order valence-corrected chi connectivity index (χ1v) is 6.73. The Hall–Kier alpha value is -1.66. The van der Waals surface area contributed by atoms with Crippen molar-refractivity contribution in [2.24, 2.45) is 0 Å². The molecule has 1 amide bonds. The monoisotopic (exact) mass is 281 g/mol. The number of halogens is 1. The molecular weight excluding hydrogens is 261 g/mol. The maximum absolute atomic E-state index is 13.5. The molecule has 0 saturated carbocycles. The van der Waals surface area contributed by atoms with Crippen molar-refractivity contribution in [3.8, 4) is 0 Å². The summed E-state index contributed by atoms with van der Waals surface area (Å²) in [7, 11) is 0. The number of nitrogens with zero attached hydrogens (tertiary/aromatic N) is 1. The molecule has 3 N–H and O–H groups in total. The van der Waals surface area contributed by atoms with Crippen LogP contribution in [0.15, 0.2) is 18.2 Å². The van der Waals surface area contributed by atoms with Crippen molar-refractivity contribution in [1.82, 2.24) is 4.90 Å². The Labute approximate surface area is 117 Å². The van der Waals surface area contributed by atoms with Crippen molar-refractivity contribution in [2.75, 3.05) is 37.3 Å². The number of nitrogens with two attached hydrogens (primary N) is 1. The largest absolute Gasteiger partial charge is 0.399 e. The first-order valence-electron chi connectivity index (χ1n) is 6.73. The van der Waals surface area contributed by atoms with Gasteiger partial charge in [-0.2, -0.15) is 0 Å². The molecule has 20 heavy (non-hydrogen) atoms. The highest BCUT2D eigenvalue weighted by Crippen LogP contribution is 2.17. The van der Waals surface area contributed by atoms with Crippen LogP contribution in [0.3, 0.4) is 0 Å². The fourth-order valence-corrected chi connectivity index (χ4v) is 2.20. The van der Waals surface area contributed by atoms with Gasteiger partial charge in [0.1, 0.15) is 5.82 Å². The SMILES string of the molecule is CC1CN(CCC(=O)Nc2cc(N)ccc2F)CCO1. The zero-order valence-corrected chi connectivity index (χ0v) is 11.6. The summed E-state index contributed by atoms with van der Waals surface area (Å²) in [5.41, 5.74) is 6.12. The van der Waals surface area contributed by atoms with Crippen molar-refractivity contribution in [1.29, 1.82) is 0 Å². The van der Waals surface area contributed by atoms with Gasteiger partial charge in [0.05, 0.1) is 18.4 Å². The zero-order chi connectivity index (χ0) is 14.5. The lowest BCUT2D eigenvalue weighted by atomic mass is 10.2. The topological polar surface area (TPSA) is 67.6 Å². The fourth-order valence-electron chi connectivity index (χ4n) is 2.20. The molecule has 5 nitrogen and oxygen atoms in total. The maximum atomic E-state index is 13.5. The van der Waals surface area contributed by atoms with Gasteiger partial charge in [-0.15, -0.1) is 0 Å². The number of anilines is 2. The van der Waals surface area contributed by atoms with E-state index >= 15 is 0 Å². The average molecular weight is 281 g/mol. The molecule has 1 aliphatic heterocycles. The Kier molecular flexibility index (Phi) is 4.92. The van der Waals surface area contributed by atoms with Crippen LogP contribution in [0.1, 0.15) is 13.3 Å². The van der Waals surface area contributed by atoms with Gasteiger partial charge in [-0.05, 0) is 25.1 Å². The Morgan fingerprint density at radius 1 is 1.60 bits per heavy atom. The van der Waals surface area contributed by atoms with Gasteiger partial charge in [0, 0.05) is 31.7 Å². The summed E-state index contributed by atoms with van der Waals surface area (Å²) >= 11 is 0. The third-order valence-corrected chi connectivity index (χ3v) is 3.24. The summed E-state index contributed by atoms with van der Waals surface area (Å²) in [6.07, 6.45) is 0.513. The number of hydrogen-bond donors (Lipinski definition) is 2. The summed E-state index contributed by atoms with van der Waals surface area (Å²) in [5.74, 6) is -0.693. The van der Waals surface area contributed by atoms with Crippen molar-refractivity contribution in [3.05, 3.63) is 24.0 Å². The van der Waals surface area contributed by atoms with E-state index < -0.39 is 5.82 Å². The molecule has 0 spiro atoms. The molecule has 0 aliphatic carbocycles. The molecule has 6 heteroatoms. The van der Waals surface area contributed by atoms with Gasteiger partial charge >= 0.3 is 0 Å². The van der Waals surface area contributed by atoms with Gasteiger partial charge in [0.15, 0.2) is 0 Å². The molecule has 1 aromatic carbocycles. The predicted molar refractivity (Wildman–Crippen MR) is 75.9 cm³/mol. The second-order valence-electron chi connectivity index (χ2n) is 5.02. The van der Waals surface area contributed by atoms with E-state index in [1.54, 1.807) is 0 Å². The number of morpholine rings is 1. The van der Waals surface area contributed by atoms with Crippen LogP contribution in [0.2, 0.25) is 0 Å². The van der Waals surface area contributed by atoms with E-state index in [1.165, 1.54) is 18.2 Å². The predicted octanol–water partition coefficient (Wildman–Crippen LogP) is 1.46. The molecule has 0 bridgehead atoms. The molecule has 2 rings (SSSR count). The standard InChI is InChI=1S/C14H20FN3O2/c1-10-9-18(6-7-20-10)5-4-14(19)17-13-8-11(16)2-3-12(13)15/h2-3,8,10H,4-7,9,16H2,1H3,(H,17,19). The smallest absolute Gasteiger partial charge is 0.225 e. The second-order valence-corrected chi connectivity index (χ2v) is 5.02. The number of amides is 1. The first kappa shape index (κ1) is 14.7. The van der Waals surface area contributed by atoms with Crippen LogP contribution in [0.5, 0.6) is 0 Å².